The van der Waals surface area contributed by atoms with Crippen LogP contribution >= 0.6 is 0 Å². The number of likely N-dealkylation sites (tertiary alicyclic amines) is 1. The van der Waals surface area contributed by atoms with Gasteiger partial charge in [0.2, 0.25) is 11.8 Å². The molecule has 0 saturated carbocycles. The van der Waals surface area contributed by atoms with E-state index in [9.17, 15) is 27.6 Å². The Balaban J connectivity index is 1.81. The molecule has 1 aliphatic rings. The summed E-state index contributed by atoms with van der Waals surface area (Å²) in [5.41, 5.74) is -0.760. The van der Waals surface area contributed by atoms with Crippen molar-refractivity contribution < 1.29 is 27.6 Å². The molecule has 0 spiro atoms. The van der Waals surface area contributed by atoms with Crippen LogP contribution in [0.1, 0.15) is 18.1 Å². The summed E-state index contributed by atoms with van der Waals surface area (Å²) < 4.78 is 39.3. The van der Waals surface area contributed by atoms with Crippen molar-refractivity contribution in [3.63, 3.8) is 0 Å². The number of nitrogens with one attached hydrogen (secondary N) is 1. The van der Waals surface area contributed by atoms with E-state index in [1.807, 2.05) is 0 Å². The summed E-state index contributed by atoms with van der Waals surface area (Å²) in [6.07, 6.45) is -4.68. The summed E-state index contributed by atoms with van der Waals surface area (Å²) in [4.78, 5) is 38.9. The number of amides is 2. The molecule has 2 atom stereocenters. The van der Waals surface area contributed by atoms with E-state index in [0.29, 0.717) is 0 Å². The average molecular weight is 390 g/mol. The third-order valence-electron chi connectivity index (χ3n) is 4.64. The Labute approximate surface area is 159 Å². The number of para-hydroxylation sites is 1. The molecule has 1 aliphatic heterocycles. The van der Waals surface area contributed by atoms with Crippen molar-refractivity contribution in [2.75, 3.05) is 5.32 Å². The summed E-state index contributed by atoms with van der Waals surface area (Å²) in [7, 11) is 0. The molecule has 2 aromatic carbocycles. The topological polar surface area (TPSA) is 66.5 Å². The maximum absolute atomic E-state index is 13.1. The summed E-state index contributed by atoms with van der Waals surface area (Å²) in [6.45, 7) is 1.63. The van der Waals surface area contributed by atoms with Gasteiger partial charge in [-0.2, -0.15) is 13.2 Å². The normalized spacial score (nSPS) is 19.8. The first-order chi connectivity index (χ1) is 13.2. The summed E-state index contributed by atoms with van der Waals surface area (Å²) in [5.74, 6) is -4.08. The van der Waals surface area contributed by atoms with Crippen molar-refractivity contribution in [3.05, 3.63) is 65.7 Å². The van der Waals surface area contributed by atoms with Crippen LogP contribution < -0.4 is 5.32 Å². The third kappa shape index (κ3) is 3.76. The Morgan fingerprint density at radius 3 is 2.29 bits per heavy atom. The van der Waals surface area contributed by atoms with E-state index in [4.69, 9.17) is 0 Å². The van der Waals surface area contributed by atoms with E-state index in [1.165, 1.54) is 24.0 Å². The molecule has 0 aromatic heterocycles. The fraction of sp³-hybridized carbons (Fsp3) is 0.250. The molecule has 3 rings (SSSR count). The highest BCUT2D eigenvalue weighted by molar-refractivity contribution is 6.26. The minimum atomic E-state index is -4.68. The lowest BCUT2D eigenvalue weighted by Gasteiger charge is -2.20. The summed E-state index contributed by atoms with van der Waals surface area (Å²) in [6, 6.07) is 12.5. The highest BCUT2D eigenvalue weighted by atomic mass is 19.4. The predicted octanol–water partition coefficient (Wildman–Crippen LogP) is 3.26. The monoisotopic (exact) mass is 390 g/mol. The SMILES string of the molecule is CC1C(=O)C(C(=O)Nc2ccccc2C(F)(F)F)C(=O)N1Cc1ccccc1. The van der Waals surface area contributed by atoms with Crippen LogP contribution in [0.5, 0.6) is 0 Å². The Bertz CT molecular complexity index is 912. The molecule has 8 heteroatoms. The molecule has 0 radical (unpaired) electrons. The third-order valence-corrected chi connectivity index (χ3v) is 4.64. The van der Waals surface area contributed by atoms with E-state index in [1.54, 1.807) is 30.3 Å². The van der Waals surface area contributed by atoms with Crippen LogP contribution in [0.25, 0.3) is 0 Å². The number of hydrogen-bond donors (Lipinski definition) is 1. The quantitative estimate of drug-likeness (QED) is 0.815. The molecule has 1 heterocycles. The fourth-order valence-electron chi connectivity index (χ4n) is 3.15. The first-order valence-electron chi connectivity index (χ1n) is 8.55. The zero-order chi connectivity index (χ0) is 20.5. The van der Waals surface area contributed by atoms with Crippen molar-refractivity contribution in [3.8, 4) is 0 Å². The maximum atomic E-state index is 13.1. The zero-order valence-electron chi connectivity index (χ0n) is 14.9. The molecule has 2 amide bonds. The molecule has 0 aliphatic carbocycles. The Morgan fingerprint density at radius 2 is 1.64 bits per heavy atom. The van der Waals surface area contributed by atoms with Crippen molar-refractivity contribution in [2.45, 2.75) is 25.7 Å². The maximum Gasteiger partial charge on any atom is 0.418 e. The molecule has 1 fully saturated rings. The number of benzene rings is 2. The summed E-state index contributed by atoms with van der Waals surface area (Å²) in [5, 5.41) is 2.10. The number of Topliss-reactive ketones (excluding diaryl/α,β-unsaturated/α-hetero) is 1. The van der Waals surface area contributed by atoms with Crippen LogP contribution in [0.2, 0.25) is 0 Å². The van der Waals surface area contributed by atoms with Gasteiger partial charge in [0.25, 0.3) is 0 Å². The number of carbonyl (C=O) groups is 3. The van der Waals surface area contributed by atoms with Gasteiger partial charge in [-0.1, -0.05) is 42.5 Å². The van der Waals surface area contributed by atoms with Crippen molar-refractivity contribution in [1.29, 1.82) is 0 Å². The minimum absolute atomic E-state index is 0.134. The van der Waals surface area contributed by atoms with Crippen LogP contribution in [0.4, 0.5) is 18.9 Å². The number of nitrogens with zero attached hydrogens (tertiary/aromatic N) is 1. The smallest absolute Gasteiger partial charge is 0.327 e. The highest BCUT2D eigenvalue weighted by Crippen LogP contribution is 2.35. The van der Waals surface area contributed by atoms with Gasteiger partial charge in [-0.15, -0.1) is 0 Å². The van der Waals surface area contributed by atoms with Gasteiger partial charge in [0.1, 0.15) is 0 Å². The van der Waals surface area contributed by atoms with Crippen molar-refractivity contribution in [1.82, 2.24) is 4.90 Å². The van der Waals surface area contributed by atoms with E-state index in [-0.39, 0.29) is 6.54 Å². The minimum Gasteiger partial charge on any atom is -0.327 e. The number of carbonyl (C=O) groups excluding carboxylic acids is 3. The molecule has 146 valence electrons. The van der Waals surface area contributed by atoms with Crippen molar-refractivity contribution in [2.24, 2.45) is 5.92 Å². The van der Waals surface area contributed by atoms with Crippen LogP contribution in [-0.2, 0) is 27.1 Å². The van der Waals surface area contributed by atoms with Gasteiger partial charge in [-0.05, 0) is 24.6 Å². The zero-order valence-corrected chi connectivity index (χ0v) is 14.9. The lowest BCUT2D eigenvalue weighted by atomic mass is 10.0. The van der Waals surface area contributed by atoms with Crippen LogP contribution in [0.3, 0.4) is 0 Å². The van der Waals surface area contributed by atoms with Crippen LogP contribution in [-0.4, -0.2) is 28.5 Å². The van der Waals surface area contributed by atoms with Gasteiger partial charge in [-0.25, -0.2) is 0 Å². The standard InChI is InChI=1S/C20H17F3N2O3/c1-12-17(26)16(19(28)25(12)11-13-7-3-2-4-8-13)18(27)24-15-10-6-5-9-14(15)20(21,22)23/h2-10,12,16H,11H2,1H3,(H,24,27). The van der Waals surface area contributed by atoms with Crippen LogP contribution in [0.15, 0.2) is 54.6 Å². The summed E-state index contributed by atoms with van der Waals surface area (Å²) >= 11 is 0. The number of hydrogen-bond acceptors (Lipinski definition) is 3. The molecule has 2 aromatic rings. The Morgan fingerprint density at radius 1 is 1.04 bits per heavy atom. The number of ketones is 1. The number of halogens is 3. The second-order valence-electron chi connectivity index (χ2n) is 6.50. The molecule has 1 saturated heterocycles. The average Bonchev–Trinajstić information content (AvgIpc) is 2.85. The second-order valence-corrected chi connectivity index (χ2v) is 6.50. The van der Waals surface area contributed by atoms with Gasteiger partial charge >= 0.3 is 6.18 Å². The second kappa shape index (κ2) is 7.46. The van der Waals surface area contributed by atoms with Gasteiger partial charge < -0.3 is 10.2 Å². The van der Waals surface area contributed by atoms with Gasteiger partial charge in [-0.3, -0.25) is 14.4 Å². The van der Waals surface area contributed by atoms with Gasteiger partial charge in [0.05, 0.1) is 17.3 Å². The largest absolute Gasteiger partial charge is 0.418 e. The fourth-order valence-corrected chi connectivity index (χ4v) is 3.15. The predicted molar refractivity (Wildman–Crippen MR) is 95.0 cm³/mol. The van der Waals surface area contributed by atoms with Crippen molar-refractivity contribution >= 4 is 23.3 Å². The number of rotatable bonds is 4. The molecule has 1 N–H and O–H groups in total. The van der Waals surface area contributed by atoms with E-state index >= 15 is 0 Å². The van der Waals surface area contributed by atoms with Gasteiger partial charge in [0, 0.05) is 6.54 Å². The Kier molecular flexibility index (Phi) is 5.22. The molecule has 0 bridgehead atoms. The number of anilines is 1. The highest BCUT2D eigenvalue weighted by Gasteiger charge is 2.49. The molecular formula is C20H17F3N2O3. The van der Waals surface area contributed by atoms with E-state index in [0.717, 1.165) is 17.7 Å². The molecule has 5 nitrogen and oxygen atoms in total. The molecule has 28 heavy (non-hydrogen) atoms. The Hall–Kier alpha value is -3.16. The molecular weight excluding hydrogens is 373 g/mol. The lowest BCUT2D eigenvalue weighted by Crippen LogP contribution is -2.35. The number of alkyl halides is 3. The van der Waals surface area contributed by atoms with E-state index < -0.39 is 47.0 Å². The first-order valence-corrected chi connectivity index (χ1v) is 8.55. The lowest BCUT2D eigenvalue weighted by molar-refractivity contribution is -0.138. The molecule has 2 unspecified atom stereocenters. The first kappa shape index (κ1) is 19.6. The van der Waals surface area contributed by atoms with Crippen LogP contribution in [0, 0.1) is 5.92 Å². The van der Waals surface area contributed by atoms with E-state index in [2.05, 4.69) is 5.32 Å². The van der Waals surface area contributed by atoms with Gasteiger partial charge in [0.15, 0.2) is 11.7 Å².